The van der Waals surface area contributed by atoms with Gasteiger partial charge in [-0.25, -0.2) is 0 Å². The zero-order chi connectivity index (χ0) is 21.5. The third-order valence-electron chi connectivity index (χ3n) is 4.39. The third-order valence-corrected chi connectivity index (χ3v) is 5.41. The van der Waals surface area contributed by atoms with Crippen LogP contribution in [0.4, 0.5) is 5.69 Å². The van der Waals surface area contributed by atoms with Crippen LogP contribution in [-0.2, 0) is 11.4 Å². The summed E-state index contributed by atoms with van der Waals surface area (Å²) in [5.41, 5.74) is 3.06. The fraction of sp³-hybridized carbons (Fsp3) is 0.0833. The molecular weight excluding hydrogens is 464 g/mol. The van der Waals surface area contributed by atoms with E-state index < -0.39 is 5.91 Å². The van der Waals surface area contributed by atoms with Crippen LogP contribution in [0.1, 0.15) is 16.7 Å². The average molecular weight is 482 g/mol. The van der Waals surface area contributed by atoms with Gasteiger partial charge in [0.05, 0.1) is 4.47 Å². The molecule has 0 aliphatic rings. The lowest BCUT2D eigenvalue weighted by atomic mass is 10.1. The van der Waals surface area contributed by atoms with Crippen molar-refractivity contribution in [2.75, 3.05) is 5.32 Å². The maximum absolute atomic E-state index is 12.5. The normalized spacial score (nSPS) is 10.9. The SMILES string of the molecule is Cc1c(Cl)cccc1NC(=O)/C(C#N)=C/c1ccc(OCc2ccccc2)c(Br)c1. The predicted molar refractivity (Wildman–Crippen MR) is 123 cm³/mol. The van der Waals surface area contributed by atoms with Gasteiger partial charge in [0.2, 0.25) is 0 Å². The first kappa shape index (κ1) is 21.6. The molecule has 0 aliphatic carbocycles. The third kappa shape index (κ3) is 5.50. The topological polar surface area (TPSA) is 62.1 Å². The second kappa shape index (κ2) is 10.1. The Kier molecular flexibility index (Phi) is 7.29. The minimum Gasteiger partial charge on any atom is -0.488 e. The molecule has 0 aliphatic heterocycles. The van der Waals surface area contributed by atoms with E-state index in [0.717, 1.165) is 15.6 Å². The molecule has 30 heavy (non-hydrogen) atoms. The molecule has 0 saturated heterocycles. The van der Waals surface area contributed by atoms with Gasteiger partial charge in [0.25, 0.3) is 5.91 Å². The highest BCUT2D eigenvalue weighted by molar-refractivity contribution is 9.10. The fourth-order valence-electron chi connectivity index (χ4n) is 2.71. The lowest BCUT2D eigenvalue weighted by Gasteiger charge is -2.10. The quantitative estimate of drug-likeness (QED) is 0.321. The van der Waals surface area contributed by atoms with Crippen LogP contribution >= 0.6 is 27.5 Å². The number of carbonyl (C=O) groups excluding carboxylic acids is 1. The van der Waals surface area contributed by atoms with Crippen LogP contribution in [0, 0.1) is 18.3 Å². The highest BCUT2D eigenvalue weighted by Gasteiger charge is 2.12. The van der Waals surface area contributed by atoms with Gasteiger partial charge in [-0.3, -0.25) is 4.79 Å². The molecule has 3 rings (SSSR count). The minimum absolute atomic E-state index is 0.0146. The average Bonchev–Trinajstić information content (AvgIpc) is 2.75. The predicted octanol–water partition coefficient (Wildman–Crippen LogP) is 6.54. The van der Waals surface area contributed by atoms with E-state index in [0.29, 0.717) is 28.6 Å². The summed E-state index contributed by atoms with van der Waals surface area (Å²) in [6.45, 7) is 2.25. The zero-order valence-electron chi connectivity index (χ0n) is 16.2. The second-order valence-electron chi connectivity index (χ2n) is 6.50. The first-order valence-corrected chi connectivity index (χ1v) is 10.3. The summed E-state index contributed by atoms with van der Waals surface area (Å²) in [6.07, 6.45) is 1.53. The zero-order valence-corrected chi connectivity index (χ0v) is 18.5. The Morgan fingerprint density at radius 3 is 2.63 bits per heavy atom. The van der Waals surface area contributed by atoms with Crippen molar-refractivity contribution >= 4 is 45.2 Å². The largest absolute Gasteiger partial charge is 0.488 e. The van der Waals surface area contributed by atoms with Gasteiger partial charge in [-0.05, 0) is 69.9 Å². The van der Waals surface area contributed by atoms with Crippen LogP contribution in [0.5, 0.6) is 5.75 Å². The molecule has 0 aromatic heterocycles. The van der Waals surface area contributed by atoms with E-state index in [2.05, 4.69) is 21.2 Å². The van der Waals surface area contributed by atoms with E-state index in [4.69, 9.17) is 16.3 Å². The van der Waals surface area contributed by atoms with Gasteiger partial charge in [0, 0.05) is 10.7 Å². The number of nitrogens with one attached hydrogen (secondary N) is 1. The molecule has 0 radical (unpaired) electrons. The summed E-state index contributed by atoms with van der Waals surface area (Å²) < 4.78 is 6.57. The van der Waals surface area contributed by atoms with Crippen molar-refractivity contribution in [2.24, 2.45) is 0 Å². The minimum atomic E-state index is -0.497. The van der Waals surface area contributed by atoms with Crippen LogP contribution in [0.3, 0.4) is 0 Å². The van der Waals surface area contributed by atoms with Crippen molar-refractivity contribution < 1.29 is 9.53 Å². The van der Waals surface area contributed by atoms with Gasteiger partial charge < -0.3 is 10.1 Å². The highest BCUT2D eigenvalue weighted by atomic mass is 79.9. The van der Waals surface area contributed by atoms with Gasteiger partial charge in [-0.15, -0.1) is 0 Å². The number of ether oxygens (including phenoxy) is 1. The molecule has 0 unspecified atom stereocenters. The van der Waals surface area contributed by atoms with Crippen LogP contribution < -0.4 is 10.1 Å². The van der Waals surface area contributed by atoms with E-state index in [9.17, 15) is 10.1 Å². The Bertz CT molecular complexity index is 1140. The van der Waals surface area contributed by atoms with Gasteiger partial charge in [-0.2, -0.15) is 5.26 Å². The Hall–Kier alpha value is -3.07. The number of halogens is 2. The van der Waals surface area contributed by atoms with Gasteiger partial charge >= 0.3 is 0 Å². The molecule has 150 valence electrons. The first-order chi connectivity index (χ1) is 14.5. The van der Waals surface area contributed by atoms with Crippen LogP contribution in [0.25, 0.3) is 6.08 Å². The summed E-state index contributed by atoms with van der Waals surface area (Å²) in [4.78, 5) is 12.5. The van der Waals surface area contributed by atoms with Gasteiger partial charge in [0.1, 0.15) is 24.0 Å². The van der Waals surface area contributed by atoms with E-state index in [1.54, 1.807) is 43.3 Å². The second-order valence-corrected chi connectivity index (χ2v) is 7.76. The maximum atomic E-state index is 12.5. The Morgan fingerprint density at radius 2 is 1.93 bits per heavy atom. The molecule has 0 saturated carbocycles. The molecule has 3 aromatic carbocycles. The molecular formula is C24H18BrClN2O2. The molecule has 0 atom stereocenters. The summed E-state index contributed by atoms with van der Waals surface area (Å²) in [7, 11) is 0. The highest BCUT2D eigenvalue weighted by Crippen LogP contribution is 2.28. The van der Waals surface area contributed by atoms with Gasteiger partial charge in [0.15, 0.2) is 0 Å². The van der Waals surface area contributed by atoms with E-state index in [-0.39, 0.29) is 5.57 Å². The molecule has 4 nitrogen and oxygen atoms in total. The van der Waals surface area contributed by atoms with Crippen molar-refractivity contribution in [2.45, 2.75) is 13.5 Å². The molecule has 1 amide bonds. The van der Waals surface area contributed by atoms with E-state index >= 15 is 0 Å². The van der Waals surface area contributed by atoms with Crippen molar-refractivity contribution in [3.05, 3.63) is 98.5 Å². The van der Waals surface area contributed by atoms with Gasteiger partial charge in [-0.1, -0.05) is 54.1 Å². The van der Waals surface area contributed by atoms with E-state index in [1.165, 1.54) is 6.08 Å². The number of amides is 1. The first-order valence-electron chi connectivity index (χ1n) is 9.12. The number of anilines is 1. The molecule has 1 N–H and O–H groups in total. The number of hydrogen-bond donors (Lipinski definition) is 1. The molecule has 0 heterocycles. The number of rotatable bonds is 6. The number of nitrogens with zero attached hydrogens (tertiary/aromatic N) is 1. The molecule has 3 aromatic rings. The number of benzene rings is 3. The summed E-state index contributed by atoms with van der Waals surface area (Å²) in [5, 5.41) is 12.7. The monoisotopic (exact) mass is 480 g/mol. The Labute approximate surface area is 188 Å². The lowest BCUT2D eigenvalue weighted by molar-refractivity contribution is -0.112. The Morgan fingerprint density at radius 1 is 1.17 bits per heavy atom. The van der Waals surface area contributed by atoms with Crippen molar-refractivity contribution in [3.8, 4) is 11.8 Å². The number of carbonyl (C=O) groups is 1. The molecule has 0 spiro atoms. The lowest BCUT2D eigenvalue weighted by Crippen LogP contribution is -2.14. The van der Waals surface area contributed by atoms with Crippen molar-refractivity contribution in [3.63, 3.8) is 0 Å². The summed E-state index contributed by atoms with van der Waals surface area (Å²) in [6, 6.07) is 22.4. The maximum Gasteiger partial charge on any atom is 0.266 e. The van der Waals surface area contributed by atoms with Crippen LogP contribution in [0.15, 0.2) is 76.8 Å². The van der Waals surface area contributed by atoms with E-state index in [1.807, 2.05) is 36.4 Å². The van der Waals surface area contributed by atoms with Crippen molar-refractivity contribution in [1.82, 2.24) is 0 Å². The Balaban J connectivity index is 1.73. The number of nitriles is 1. The number of hydrogen-bond acceptors (Lipinski definition) is 3. The van der Waals surface area contributed by atoms with Crippen LogP contribution in [-0.4, -0.2) is 5.91 Å². The summed E-state index contributed by atoms with van der Waals surface area (Å²) >= 11 is 9.58. The summed E-state index contributed by atoms with van der Waals surface area (Å²) in [5.74, 6) is 0.178. The van der Waals surface area contributed by atoms with Crippen molar-refractivity contribution in [1.29, 1.82) is 5.26 Å². The molecule has 0 bridgehead atoms. The standard InChI is InChI=1S/C24H18BrClN2O2/c1-16-21(26)8-5-9-22(16)28-24(29)19(14-27)12-18-10-11-23(20(25)13-18)30-15-17-6-3-2-4-7-17/h2-13H,15H2,1H3,(H,28,29)/b19-12+. The van der Waals surface area contributed by atoms with Crippen LogP contribution in [0.2, 0.25) is 5.02 Å². The molecule has 6 heteroatoms. The fourth-order valence-corrected chi connectivity index (χ4v) is 3.39. The molecule has 0 fully saturated rings. The smallest absolute Gasteiger partial charge is 0.266 e.